The molecule has 8 nitrogen and oxygen atoms in total. The summed E-state index contributed by atoms with van der Waals surface area (Å²) >= 11 is 7.35. The minimum Gasteiger partial charge on any atom is -0.482 e. The van der Waals surface area contributed by atoms with E-state index >= 15 is 0 Å². The largest absolute Gasteiger partial charge is 0.482 e. The Balaban J connectivity index is 1.47. The van der Waals surface area contributed by atoms with Gasteiger partial charge in [0.2, 0.25) is 0 Å². The Morgan fingerprint density at radius 1 is 1.29 bits per heavy atom. The first kappa shape index (κ1) is 22.9. The van der Waals surface area contributed by atoms with E-state index in [1.807, 2.05) is 0 Å². The smallest absolute Gasteiger partial charge is 0.262 e. The maximum Gasteiger partial charge on any atom is 0.262 e. The highest BCUT2D eigenvalue weighted by atomic mass is 35.5. The van der Waals surface area contributed by atoms with Crippen LogP contribution in [0.4, 0.5) is 5.69 Å². The van der Waals surface area contributed by atoms with Crippen LogP contribution in [0.15, 0.2) is 46.3 Å². The van der Waals surface area contributed by atoms with Crippen LogP contribution >= 0.6 is 23.4 Å². The number of nitrogens with zero attached hydrogens (tertiary/aromatic N) is 2. The highest BCUT2D eigenvalue weighted by molar-refractivity contribution is 8.00. The second-order valence-corrected chi connectivity index (χ2v) is 10.0. The maximum atomic E-state index is 13.3. The second kappa shape index (κ2) is 9.40. The Labute approximate surface area is 204 Å². The van der Waals surface area contributed by atoms with Gasteiger partial charge in [-0.05, 0) is 56.2 Å². The molecule has 2 atom stereocenters. The van der Waals surface area contributed by atoms with E-state index < -0.39 is 5.25 Å². The summed E-state index contributed by atoms with van der Waals surface area (Å²) in [6, 6.07) is 9.94. The van der Waals surface area contributed by atoms with E-state index in [-0.39, 0.29) is 30.0 Å². The van der Waals surface area contributed by atoms with Gasteiger partial charge in [-0.1, -0.05) is 23.4 Å². The summed E-state index contributed by atoms with van der Waals surface area (Å²) in [6.07, 6.45) is 1.75. The summed E-state index contributed by atoms with van der Waals surface area (Å²) in [5, 5.41) is 3.56. The number of aromatic nitrogens is 2. The number of fused-ring (bicyclic) bond motifs is 2. The van der Waals surface area contributed by atoms with Gasteiger partial charge in [-0.3, -0.25) is 19.0 Å². The first-order chi connectivity index (χ1) is 16.4. The number of Topliss-reactive ketones (excluding diaryl/α,β-unsaturated/α-hetero) is 1. The maximum absolute atomic E-state index is 13.3. The van der Waals surface area contributed by atoms with Gasteiger partial charge in [0, 0.05) is 17.2 Å². The quantitative estimate of drug-likeness (QED) is 0.311. The van der Waals surface area contributed by atoms with Crippen LogP contribution in [0.3, 0.4) is 0 Å². The number of hydrogen-bond donors (Lipinski definition) is 1. The third kappa shape index (κ3) is 4.55. The van der Waals surface area contributed by atoms with Crippen molar-refractivity contribution in [2.75, 3.05) is 18.5 Å². The van der Waals surface area contributed by atoms with Gasteiger partial charge in [0.05, 0.1) is 34.5 Å². The summed E-state index contributed by atoms with van der Waals surface area (Å²) in [6.45, 7) is 2.76. The predicted octanol–water partition coefficient (Wildman–Crippen LogP) is 3.92. The van der Waals surface area contributed by atoms with Crippen molar-refractivity contribution in [3.63, 3.8) is 0 Å². The lowest BCUT2D eigenvalue weighted by Gasteiger charge is -2.20. The predicted molar refractivity (Wildman–Crippen MR) is 130 cm³/mol. The molecule has 1 N–H and O–H groups in total. The van der Waals surface area contributed by atoms with Crippen LogP contribution in [-0.2, 0) is 16.1 Å². The van der Waals surface area contributed by atoms with Crippen molar-refractivity contribution in [2.24, 2.45) is 0 Å². The summed E-state index contributed by atoms with van der Waals surface area (Å²) in [5.41, 5.74) is 1.19. The van der Waals surface area contributed by atoms with E-state index in [4.69, 9.17) is 26.1 Å². The summed E-state index contributed by atoms with van der Waals surface area (Å²) in [5.74, 6) is 0.100. The number of carbonyl (C=O) groups excluding carboxylic acids is 2. The molecule has 176 valence electrons. The normalized spacial score (nSPS) is 18.3. The third-order valence-electron chi connectivity index (χ3n) is 5.84. The molecule has 1 saturated heterocycles. The Bertz CT molecular complexity index is 1350. The molecule has 0 aliphatic carbocycles. The number of thioether (sulfide) groups is 1. The van der Waals surface area contributed by atoms with Gasteiger partial charge in [-0.2, -0.15) is 0 Å². The lowest BCUT2D eigenvalue weighted by Crippen LogP contribution is -2.29. The summed E-state index contributed by atoms with van der Waals surface area (Å²) in [7, 11) is 0. The molecular weight excluding hydrogens is 478 g/mol. The summed E-state index contributed by atoms with van der Waals surface area (Å²) < 4.78 is 12.7. The molecule has 1 fully saturated rings. The Morgan fingerprint density at radius 3 is 2.94 bits per heavy atom. The van der Waals surface area contributed by atoms with Crippen LogP contribution in [-0.4, -0.2) is 45.8 Å². The zero-order chi connectivity index (χ0) is 23.8. The van der Waals surface area contributed by atoms with Crippen molar-refractivity contribution < 1.29 is 19.1 Å². The first-order valence-corrected chi connectivity index (χ1v) is 12.2. The van der Waals surface area contributed by atoms with Crippen LogP contribution in [0, 0.1) is 0 Å². The minimum absolute atomic E-state index is 0.0492. The molecule has 0 saturated carbocycles. The molecule has 10 heteroatoms. The van der Waals surface area contributed by atoms with Crippen molar-refractivity contribution in [3.8, 4) is 5.75 Å². The second-order valence-electron chi connectivity index (χ2n) is 8.28. The first-order valence-electron chi connectivity index (χ1n) is 11.0. The zero-order valence-corrected chi connectivity index (χ0v) is 19.9. The lowest BCUT2D eigenvalue weighted by molar-refractivity contribution is -0.118. The van der Waals surface area contributed by atoms with Crippen LogP contribution in [0.1, 0.15) is 30.1 Å². The van der Waals surface area contributed by atoms with Gasteiger partial charge in [-0.25, -0.2) is 4.98 Å². The lowest BCUT2D eigenvalue weighted by atomic mass is 10.1. The molecule has 1 aromatic heterocycles. The number of benzene rings is 2. The standard InChI is InChI=1S/C24H22ClN3O5S/c1-13(22(30)14-4-7-20-19(9-14)26-21(29)12-33-20)34-24-27-18-10-15(25)5-6-17(18)23(31)28(24)11-16-3-2-8-32-16/h4-7,9-10,13,16H,2-3,8,11-12H2,1H3,(H,26,29). The fourth-order valence-electron chi connectivity index (χ4n) is 4.10. The van der Waals surface area contributed by atoms with Crippen LogP contribution in [0.5, 0.6) is 5.75 Å². The zero-order valence-electron chi connectivity index (χ0n) is 18.4. The monoisotopic (exact) mass is 499 g/mol. The number of ketones is 1. The number of ether oxygens (including phenoxy) is 2. The molecule has 2 unspecified atom stereocenters. The van der Waals surface area contributed by atoms with Crippen molar-refractivity contribution in [2.45, 2.75) is 42.8 Å². The number of hydrogen-bond acceptors (Lipinski definition) is 7. The highest BCUT2D eigenvalue weighted by Crippen LogP contribution is 2.31. The van der Waals surface area contributed by atoms with Gasteiger partial charge in [0.25, 0.3) is 11.5 Å². The van der Waals surface area contributed by atoms with E-state index in [1.165, 1.54) is 11.8 Å². The molecule has 2 aliphatic rings. The van der Waals surface area contributed by atoms with E-state index in [0.717, 1.165) is 12.8 Å². The number of amides is 1. The molecule has 2 aromatic carbocycles. The van der Waals surface area contributed by atoms with E-state index in [2.05, 4.69) is 5.32 Å². The van der Waals surface area contributed by atoms with Gasteiger partial charge in [0.15, 0.2) is 17.5 Å². The van der Waals surface area contributed by atoms with Crippen LogP contribution < -0.4 is 15.6 Å². The summed E-state index contributed by atoms with van der Waals surface area (Å²) in [4.78, 5) is 42.9. The SMILES string of the molecule is CC(Sc1nc2cc(Cl)ccc2c(=O)n1CC1CCCO1)C(=O)c1ccc2c(c1)NC(=O)CO2. The molecule has 0 spiro atoms. The highest BCUT2D eigenvalue weighted by Gasteiger charge is 2.25. The van der Waals surface area contributed by atoms with Crippen LogP contribution in [0.2, 0.25) is 5.02 Å². The fraction of sp³-hybridized carbons (Fsp3) is 0.333. The average molecular weight is 500 g/mol. The molecule has 2 aliphatic heterocycles. The Hall–Kier alpha value is -2.88. The molecule has 0 radical (unpaired) electrons. The number of halogens is 1. The minimum atomic E-state index is -0.544. The Kier molecular flexibility index (Phi) is 6.33. The number of carbonyl (C=O) groups is 2. The molecule has 3 heterocycles. The van der Waals surface area contributed by atoms with Crippen molar-refractivity contribution in [1.82, 2.24) is 9.55 Å². The number of rotatable bonds is 6. The number of anilines is 1. The fourth-order valence-corrected chi connectivity index (χ4v) is 5.26. The van der Waals surface area contributed by atoms with Crippen molar-refractivity contribution in [3.05, 3.63) is 57.3 Å². The van der Waals surface area contributed by atoms with E-state index in [0.29, 0.717) is 51.2 Å². The number of nitrogens with one attached hydrogen (secondary N) is 1. The van der Waals surface area contributed by atoms with Gasteiger partial charge in [0.1, 0.15) is 5.75 Å². The van der Waals surface area contributed by atoms with Gasteiger partial charge < -0.3 is 14.8 Å². The van der Waals surface area contributed by atoms with Crippen molar-refractivity contribution in [1.29, 1.82) is 0 Å². The molecule has 34 heavy (non-hydrogen) atoms. The molecule has 3 aromatic rings. The molecule has 1 amide bonds. The molecular formula is C24H22ClN3O5S. The van der Waals surface area contributed by atoms with Gasteiger partial charge >= 0.3 is 0 Å². The van der Waals surface area contributed by atoms with Crippen LogP contribution in [0.25, 0.3) is 10.9 Å². The van der Waals surface area contributed by atoms with Crippen molar-refractivity contribution >= 4 is 51.6 Å². The van der Waals surface area contributed by atoms with E-state index in [1.54, 1.807) is 47.9 Å². The third-order valence-corrected chi connectivity index (χ3v) is 7.17. The average Bonchev–Trinajstić information content (AvgIpc) is 3.33. The molecule has 0 bridgehead atoms. The topological polar surface area (TPSA) is 99.5 Å². The molecule has 5 rings (SSSR count). The van der Waals surface area contributed by atoms with E-state index in [9.17, 15) is 14.4 Å². The Morgan fingerprint density at radius 2 is 2.15 bits per heavy atom. The van der Waals surface area contributed by atoms with Gasteiger partial charge in [-0.15, -0.1) is 0 Å².